The highest BCUT2D eigenvalue weighted by molar-refractivity contribution is 5.70. The van der Waals surface area contributed by atoms with Crippen LogP contribution in [0.2, 0.25) is 0 Å². The van der Waals surface area contributed by atoms with Crippen molar-refractivity contribution < 1.29 is 14.2 Å². The fourth-order valence-corrected chi connectivity index (χ4v) is 3.91. The van der Waals surface area contributed by atoms with Crippen LogP contribution in [-0.4, -0.2) is 34.9 Å². The summed E-state index contributed by atoms with van der Waals surface area (Å²) in [4.78, 5) is 9.50. The molecule has 2 aliphatic rings. The molecule has 0 spiro atoms. The number of aromatic nitrogens is 3. The van der Waals surface area contributed by atoms with Gasteiger partial charge in [0.05, 0.1) is 24.4 Å². The number of imidazole rings is 1. The van der Waals surface area contributed by atoms with Crippen LogP contribution in [0.15, 0.2) is 42.7 Å². The average Bonchev–Trinajstić information content (AvgIpc) is 3.43. The third-order valence-electron chi connectivity index (χ3n) is 5.35. The molecule has 1 aliphatic carbocycles. The van der Waals surface area contributed by atoms with Crippen LogP contribution in [0.1, 0.15) is 30.3 Å². The van der Waals surface area contributed by atoms with E-state index in [-0.39, 0.29) is 6.04 Å². The summed E-state index contributed by atoms with van der Waals surface area (Å²) in [5.74, 6) is 3.60. The van der Waals surface area contributed by atoms with E-state index in [4.69, 9.17) is 19.2 Å². The van der Waals surface area contributed by atoms with Crippen molar-refractivity contribution in [3.63, 3.8) is 0 Å². The van der Waals surface area contributed by atoms with Crippen LogP contribution in [0, 0.1) is 12.8 Å². The molecule has 5 rings (SSSR count). The summed E-state index contributed by atoms with van der Waals surface area (Å²) in [6.07, 6.45) is 6.29. The summed E-state index contributed by atoms with van der Waals surface area (Å²) >= 11 is 0. The molecule has 144 valence electrons. The molecule has 2 aromatic heterocycles. The van der Waals surface area contributed by atoms with Crippen LogP contribution in [-0.2, 0) is 0 Å². The van der Waals surface area contributed by atoms with Gasteiger partial charge in [-0.05, 0) is 43.9 Å². The van der Waals surface area contributed by atoms with Gasteiger partial charge in [-0.3, -0.25) is 4.98 Å². The van der Waals surface area contributed by atoms with Crippen molar-refractivity contribution in [3.8, 4) is 28.6 Å². The largest absolute Gasteiger partial charge is 0.496 e. The quantitative estimate of drug-likeness (QED) is 0.672. The van der Waals surface area contributed by atoms with Crippen molar-refractivity contribution in [1.82, 2.24) is 14.5 Å². The van der Waals surface area contributed by atoms with Gasteiger partial charge in [-0.1, -0.05) is 6.07 Å². The van der Waals surface area contributed by atoms with E-state index in [2.05, 4.69) is 21.7 Å². The molecule has 0 saturated heterocycles. The fraction of sp³-hybridized carbons (Fsp3) is 0.364. The van der Waals surface area contributed by atoms with Crippen molar-refractivity contribution in [2.24, 2.45) is 5.92 Å². The molecule has 6 heteroatoms. The van der Waals surface area contributed by atoms with Crippen molar-refractivity contribution in [2.75, 3.05) is 20.3 Å². The number of rotatable bonds is 5. The SMILES string of the molecule is COc1cc2c(cc1-c1nccn1C(c1cccc(C)n1)C1CC1)OCCO2. The van der Waals surface area contributed by atoms with Gasteiger partial charge in [-0.15, -0.1) is 0 Å². The number of benzene rings is 1. The molecular formula is C22H23N3O3. The van der Waals surface area contributed by atoms with Crippen LogP contribution in [0.3, 0.4) is 0 Å². The number of hydrogen-bond acceptors (Lipinski definition) is 5. The predicted molar refractivity (Wildman–Crippen MR) is 105 cm³/mol. The van der Waals surface area contributed by atoms with Gasteiger partial charge in [-0.2, -0.15) is 0 Å². The van der Waals surface area contributed by atoms with Crippen LogP contribution in [0.25, 0.3) is 11.4 Å². The molecule has 1 fully saturated rings. The molecule has 0 amide bonds. The van der Waals surface area contributed by atoms with Gasteiger partial charge >= 0.3 is 0 Å². The van der Waals surface area contributed by atoms with Crippen LogP contribution >= 0.6 is 0 Å². The Labute approximate surface area is 164 Å². The Morgan fingerprint density at radius 2 is 1.93 bits per heavy atom. The molecule has 0 N–H and O–H groups in total. The Balaban J connectivity index is 1.63. The Morgan fingerprint density at radius 1 is 1.14 bits per heavy atom. The van der Waals surface area contributed by atoms with E-state index in [1.165, 1.54) is 12.8 Å². The Hall–Kier alpha value is -3.02. The third-order valence-corrected chi connectivity index (χ3v) is 5.35. The maximum absolute atomic E-state index is 5.79. The molecular weight excluding hydrogens is 354 g/mol. The first kappa shape index (κ1) is 17.1. The number of hydrogen-bond donors (Lipinski definition) is 0. The Kier molecular flexibility index (Phi) is 4.19. The van der Waals surface area contributed by atoms with Gasteiger partial charge in [0.15, 0.2) is 11.5 Å². The summed E-state index contributed by atoms with van der Waals surface area (Å²) in [6, 6.07) is 10.2. The lowest BCUT2D eigenvalue weighted by Gasteiger charge is -2.23. The first-order valence-corrected chi connectivity index (χ1v) is 9.69. The van der Waals surface area contributed by atoms with Crippen LogP contribution in [0.4, 0.5) is 0 Å². The van der Waals surface area contributed by atoms with E-state index in [9.17, 15) is 0 Å². The minimum absolute atomic E-state index is 0.162. The molecule has 1 atom stereocenters. The number of methoxy groups -OCH3 is 1. The second-order valence-corrected chi connectivity index (χ2v) is 7.34. The maximum atomic E-state index is 5.79. The van der Waals surface area contributed by atoms with Crippen molar-refractivity contribution in [1.29, 1.82) is 0 Å². The summed E-state index contributed by atoms with van der Waals surface area (Å²) in [6.45, 7) is 3.13. The van der Waals surface area contributed by atoms with Gasteiger partial charge in [0.1, 0.15) is 24.8 Å². The second kappa shape index (κ2) is 6.86. The standard InChI is InChI=1S/C22H23N3O3/c1-14-4-3-5-17(24-14)21(15-6-7-15)25-9-8-23-22(25)16-12-19-20(13-18(16)26-2)28-11-10-27-19/h3-5,8-9,12-13,15,21H,6-7,10-11H2,1-2H3. The lowest BCUT2D eigenvalue weighted by atomic mass is 10.1. The highest BCUT2D eigenvalue weighted by Crippen LogP contribution is 2.46. The molecule has 0 radical (unpaired) electrons. The predicted octanol–water partition coefficient (Wildman–Crippen LogP) is 4.03. The van der Waals surface area contributed by atoms with E-state index in [0.29, 0.717) is 24.9 Å². The Morgan fingerprint density at radius 3 is 2.64 bits per heavy atom. The number of nitrogens with zero attached hydrogens (tertiary/aromatic N) is 3. The van der Waals surface area contributed by atoms with Gasteiger partial charge in [0.2, 0.25) is 0 Å². The Bertz CT molecular complexity index is 1010. The molecule has 3 aromatic rings. The summed E-state index contributed by atoms with van der Waals surface area (Å²) in [5.41, 5.74) is 3.01. The van der Waals surface area contributed by atoms with Crippen molar-refractivity contribution in [2.45, 2.75) is 25.8 Å². The van der Waals surface area contributed by atoms with Crippen LogP contribution in [0.5, 0.6) is 17.2 Å². The minimum Gasteiger partial charge on any atom is -0.496 e. The highest BCUT2D eigenvalue weighted by Gasteiger charge is 2.36. The second-order valence-electron chi connectivity index (χ2n) is 7.34. The monoisotopic (exact) mass is 377 g/mol. The van der Waals surface area contributed by atoms with E-state index in [1.807, 2.05) is 37.5 Å². The molecule has 6 nitrogen and oxygen atoms in total. The normalized spacial score (nSPS) is 16.6. The zero-order chi connectivity index (χ0) is 19.1. The number of ether oxygens (including phenoxy) is 3. The summed E-state index contributed by atoms with van der Waals surface area (Å²) < 4.78 is 19.4. The third kappa shape index (κ3) is 2.99. The van der Waals surface area contributed by atoms with Crippen molar-refractivity contribution >= 4 is 0 Å². The van der Waals surface area contributed by atoms with Gasteiger partial charge in [0, 0.05) is 24.2 Å². The topological polar surface area (TPSA) is 58.4 Å². The number of pyridine rings is 1. The smallest absolute Gasteiger partial charge is 0.165 e. The van der Waals surface area contributed by atoms with E-state index < -0.39 is 0 Å². The molecule has 1 saturated carbocycles. The minimum atomic E-state index is 0.162. The molecule has 1 unspecified atom stereocenters. The number of aryl methyl sites for hydroxylation is 1. The van der Waals surface area contributed by atoms with Crippen molar-refractivity contribution in [3.05, 3.63) is 54.1 Å². The average molecular weight is 377 g/mol. The van der Waals surface area contributed by atoms with Gasteiger partial charge in [0.25, 0.3) is 0 Å². The zero-order valence-electron chi connectivity index (χ0n) is 16.1. The summed E-state index contributed by atoms with van der Waals surface area (Å²) in [5, 5.41) is 0. The molecule has 1 aliphatic heterocycles. The van der Waals surface area contributed by atoms with E-state index >= 15 is 0 Å². The number of fused-ring (bicyclic) bond motifs is 1. The fourth-order valence-electron chi connectivity index (χ4n) is 3.91. The highest BCUT2D eigenvalue weighted by atomic mass is 16.6. The first-order valence-electron chi connectivity index (χ1n) is 9.69. The van der Waals surface area contributed by atoms with E-state index in [0.717, 1.165) is 34.3 Å². The maximum Gasteiger partial charge on any atom is 0.165 e. The van der Waals surface area contributed by atoms with E-state index in [1.54, 1.807) is 7.11 Å². The first-order chi connectivity index (χ1) is 13.7. The molecule has 0 bridgehead atoms. The zero-order valence-corrected chi connectivity index (χ0v) is 16.1. The van der Waals surface area contributed by atoms with Crippen LogP contribution < -0.4 is 14.2 Å². The van der Waals surface area contributed by atoms with Gasteiger partial charge in [-0.25, -0.2) is 4.98 Å². The van der Waals surface area contributed by atoms with Gasteiger partial charge < -0.3 is 18.8 Å². The lowest BCUT2D eigenvalue weighted by molar-refractivity contribution is 0.171. The lowest BCUT2D eigenvalue weighted by Crippen LogP contribution is -2.17. The molecule has 3 heterocycles. The molecule has 28 heavy (non-hydrogen) atoms. The summed E-state index contributed by atoms with van der Waals surface area (Å²) in [7, 11) is 1.67. The molecule has 1 aromatic carbocycles.